The number of rotatable bonds is 11. The number of nitrogens with zero attached hydrogens (tertiary/aromatic N) is 4. The fourth-order valence-electron chi connectivity index (χ4n) is 6.66. The zero-order valence-corrected chi connectivity index (χ0v) is 25.3. The van der Waals surface area contributed by atoms with Gasteiger partial charge in [0.05, 0.1) is 23.8 Å². The summed E-state index contributed by atoms with van der Waals surface area (Å²) in [7, 11) is 5.46. The number of carbonyl (C=O) groups is 2. The van der Waals surface area contributed by atoms with Gasteiger partial charge < -0.3 is 14.4 Å². The average Bonchev–Trinajstić information content (AvgIpc) is 3.56. The molecule has 2 unspecified atom stereocenters. The van der Waals surface area contributed by atoms with E-state index in [2.05, 4.69) is 11.2 Å². The van der Waals surface area contributed by atoms with Crippen molar-refractivity contribution >= 4 is 17.6 Å². The molecule has 2 heterocycles. The highest BCUT2D eigenvalue weighted by atomic mass is 19.1. The van der Waals surface area contributed by atoms with Crippen LogP contribution in [0.5, 0.6) is 0 Å². The van der Waals surface area contributed by atoms with Gasteiger partial charge in [0, 0.05) is 45.3 Å². The van der Waals surface area contributed by atoms with Crippen LogP contribution in [-0.2, 0) is 44.4 Å². The van der Waals surface area contributed by atoms with Gasteiger partial charge >= 0.3 is 5.97 Å². The molecule has 0 spiro atoms. The van der Waals surface area contributed by atoms with Gasteiger partial charge in [0.25, 0.3) is 0 Å². The van der Waals surface area contributed by atoms with Crippen molar-refractivity contribution in [3.8, 4) is 6.07 Å². The van der Waals surface area contributed by atoms with E-state index in [0.29, 0.717) is 31.6 Å². The topological polar surface area (TPSA) is 97.4 Å². The predicted molar refractivity (Wildman–Crippen MR) is 154 cm³/mol. The predicted octanol–water partition coefficient (Wildman–Crippen LogP) is 4.99. The first-order chi connectivity index (χ1) is 19.4. The Morgan fingerprint density at radius 1 is 1.29 bits per heavy atom. The number of aromatic nitrogens is 2. The van der Waals surface area contributed by atoms with Crippen LogP contribution in [0.3, 0.4) is 0 Å². The summed E-state index contributed by atoms with van der Waals surface area (Å²) < 4.78 is 28.3. The largest absolute Gasteiger partial charge is 0.458 e. The number of halogens is 1. The first kappa shape index (κ1) is 30.7. The van der Waals surface area contributed by atoms with Crippen molar-refractivity contribution in [1.29, 1.82) is 5.26 Å². The van der Waals surface area contributed by atoms with Gasteiger partial charge in [-0.05, 0) is 70.4 Å². The number of ketones is 1. The highest BCUT2D eigenvalue weighted by molar-refractivity contribution is 6.02. The van der Waals surface area contributed by atoms with Gasteiger partial charge in [-0.2, -0.15) is 10.4 Å². The number of nitriles is 1. The lowest BCUT2D eigenvalue weighted by atomic mass is 9.73. The molecule has 41 heavy (non-hydrogen) atoms. The molecule has 1 saturated carbocycles. The molecule has 2 aliphatic rings. The number of anilines is 1. The Kier molecular flexibility index (Phi) is 9.22. The normalized spacial score (nSPS) is 21.7. The minimum Gasteiger partial charge on any atom is -0.458 e. The smallest absolute Gasteiger partial charge is 0.317 e. The summed E-state index contributed by atoms with van der Waals surface area (Å²) >= 11 is 0. The number of hydrogen-bond donors (Lipinski definition) is 0. The molecule has 0 radical (unpaired) electrons. The van der Waals surface area contributed by atoms with Crippen LogP contribution in [0.4, 0.5) is 10.2 Å². The molecular formula is C32H43FN4O4. The summed E-state index contributed by atoms with van der Waals surface area (Å²) in [5.74, 6) is -0.907. The van der Waals surface area contributed by atoms with Crippen LogP contribution in [0.15, 0.2) is 18.2 Å². The molecule has 8 nitrogen and oxygen atoms in total. The summed E-state index contributed by atoms with van der Waals surface area (Å²) in [4.78, 5) is 29.4. The van der Waals surface area contributed by atoms with Crippen LogP contribution in [-0.4, -0.2) is 54.4 Å². The molecule has 1 aliphatic heterocycles. The molecule has 4 rings (SSSR count). The number of methoxy groups -OCH3 is 1. The number of ether oxygens (including phenoxy) is 2. The zero-order valence-electron chi connectivity index (χ0n) is 25.3. The van der Waals surface area contributed by atoms with E-state index in [9.17, 15) is 19.2 Å². The Morgan fingerprint density at radius 2 is 2.00 bits per heavy atom. The average molecular weight is 567 g/mol. The van der Waals surface area contributed by atoms with Crippen LogP contribution >= 0.6 is 0 Å². The van der Waals surface area contributed by atoms with E-state index in [1.54, 1.807) is 31.7 Å². The second-order valence-corrected chi connectivity index (χ2v) is 12.3. The molecular weight excluding hydrogens is 523 g/mol. The van der Waals surface area contributed by atoms with Gasteiger partial charge in [0.1, 0.15) is 23.2 Å². The highest BCUT2D eigenvalue weighted by Crippen LogP contribution is 2.45. The number of aryl methyl sites for hydroxylation is 3. The van der Waals surface area contributed by atoms with Gasteiger partial charge in [0.15, 0.2) is 5.78 Å². The number of Topliss-reactive ketones (excluding diaryl/α,β-unsaturated/α-hetero) is 1. The molecule has 1 saturated heterocycles. The molecule has 0 N–H and O–H groups in total. The van der Waals surface area contributed by atoms with Crippen LogP contribution in [0, 0.1) is 35.9 Å². The number of cyclic esters (lactones) is 1. The van der Waals surface area contributed by atoms with Gasteiger partial charge in [0.2, 0.25) is 0 Å². The van der Waals surface area contributed by atoms with Gasteiger partial charge in [-0.15, -0.1) is 0 Å². The Bertz CT molecular complexity index is 1300. The molecule has 1 aliphatic carbocycles. The molecule has 222 valence electrons. The second kappa shape index (κ2) is 12.3. The van der Waals surface area contributed by atoms with E-state index in [1.165, 1.54) is 6.07 Å². The van der Waals surface area contributed by atoms with Crippen molar-refractivity contribution in [3.63, 3.8) is 0 Å². The van der Waals surface area contributed by atoms with Crippen molar-refractivity contribution in [2.24, 2.45) is 18.9 Å². The highest BCUT2D eigenvalue weighted by Gasteiger charge is 2.51. The summed E-state index contributed by atoms with van der Waals surface area (Å²) in [5.41, 5.74) is 0.950. The van der Waals surface area contributed by atoms with E-state index >= 15 is 0 Å². The standard InChI is InChI=1S/C32H43FN4O4/c1-21-24(29(37(5)35-21)36(4)15-16-40-6)18-25-28(38)19-32(41-30(25)39,23-9-7-8-10-23)14-13-22-11-12-26(27(33)17-22)31(2,3)20-34/h11-12,17,23,25H,7-10,13-16,18-19H2,1-6H3. The Hall–Kier alpha value is -3.25. The summed E-state index contributed by atoms with van der Waals surface area (Å²) in [5, 5.41) is 14.0. The van der Waals surface area contributed by atoms with Gasteiger partial charge in [-0.25, -0.2) is 4.39 Å². The third-order valence-corrected chi connectivity index (χ3v) is 9.09. The van der Waals surface area contributed by atoms with Crippen molar-refractivity contribution < 1.29 is 23.5 Å². The first-order valence-electron chi connectivity index (χ1n) is 14.6. The van der Waals surface area contributed by atoms with E-state index in [0.717, 1.165) is 48.3 Å². The monoisotopic (exact) mass is 566 g/mol. The lowest BCUT2D eigenvalue weighted by molar-refractivity contribution is -0.185. The number of esters is 1. The first-order valence-corrected chi connectivity index (χ1v) is 14.6. The number of benzene rings is 1. The minimum atomic E-state index is -0.931. The quantitative estimate of drug-likeness (QED) is 0.279. The van der Waals surface area contributed by atoms with Gasteiger partial charge in [-0.3, -0.25) is 14.3 Å². The maximum Gasteiger partial charge on any atom is 0.317 e. The SMILES string of the molecule is COCCN(C)c1c(CC2C(=O)CC(CCc3ccc(C(C)(C)C#N)c(F)c3)(C3CCCC3)OC2=O)c(C)nn1C. The second-order valence-electron chi connectivity index (χ2n) is 12.3. The lowest BCUT2D eigenvalue weighted by Crippen LogP contribution is -2.52. The summed E-state index contributed by atoms with van der Waals surface area (Å²) in [6.45, 7) is 6.46. The number of hydrogen-bond acceptors (Lipinski definition) is 7. The van der Waals surface area contributed by atoms with Crippen molar-refractivity contribution in [1.82, 2.24) is 9.78 Å². The summed E-state index contributed by atoms with van der Waals surface area (Å²) in [6, 6.07) is 7.13. The molecule has 0 bridgehead atoms. The minimum absolute atomic E-state index is 0.0980. The van der Waals surface area contributed by atoms with Crippen molar-refractivity contribution in [3.05, 3.63) is 46.4 Å². The van der Waals surface area contributed by atoms with E-state index in [-0.39, 0.29) is 24.5 Å². The number of likely N-dealkylation sites (N-methyl/N-ethyl adjacent to an activating group) is 1. The Labute approximate surface area is 242 Å². The molecule has 1 aromatic carbocycles. The third-order valence-electron chi connectivity index (χ3n) is 9.09. The van der Waals surface area contributed by atoms with Crippen LogP contribution in [0.1, 0.15) is 74.8 Å². The van der Waals surface area contributed by atoms with Crippen LogP contribution in [0.25, 0.3) is 0 Å². The maximum absolute atomic E-state index is 15.0. The van der Waals surface area contributed by atoms with Crippen molar-refractivity contribution in [2.45, 2.75) is 83.2 Å². The van der Waals surface area contributed by atoms with Crippen LogP contribution < -0.4 is 4.90 Å². The van der Waals surface area contributed by atoms with Gasteiger partial charge in [-0.1, -0.05) is 25.0 Å². The molecule has 2 fully saturated rings. The van der Waals surface area contributed by atoms with Crippen molar-refractivity contribution in [2.75, 3.05) is 32.2 Å². The Morgan fingerprint density at radius 3 is 2.61 bits per heavy atom. The lowest BCUT2D eigenvalue weighted by Gasteiger charge is -2.43. The molecule has 9 heteroatoms. The van der Waals surface area contributed by atoms with E-state index in [4.69, 9.17) is 9.47 Å². The third kappa shape index (κ3) is 6.33. The fraction of sp³-hybridized carbons (Fsp3) is 0.625. The maximum atomic E-state index is 15.0. The fourth-order valence-corrected chi connectivity index (χ4v) is 6.66. The molecule has 1 aromatic heterocycles. The molecule has 0 amide bonds. The molecule has 2 aromatic rings. The number of carbonyl (C=O) groups excluding carboxylic acids is 2. The van der Waals surface area contributed by atoms with E-state index < -0.39 is 28.7 Å². The molecule has 2 atom stereocenters. The zero-order chi connectivity index (χ0) is 29.9. The van der Waals surface area contributed by atoms with E-state index in [1.807, 2.05) is 32.0 Å². The van der Waals surface area contributed by atoms with Crippen LogP contribution in [0.2, 0.25) is 0 Å². The summed E-state index contributed by atoms with van der Waals surface area (Å²) in [6.07, 6.45) is 5.24. The Balaban J connectivity index is 1.55.